The van der Waals surface area contributed by atoms with Gasteiger partial charge in [0.25, 0.3) is 0 Å². The van der Waals surface area contributed by atoms with Gasteiger partial charge in [-0.2, -0.15) is 0 Å². The molecule has 0 saturated carbocycles. The maximum atomic E-state index is 5.32. The third-order valence-electron chi connectivity index (χ3n) is 9.00. The van der Waals surface area contributed by atoms with Crippen LogP contribution in [0.15, 0.2) is 176 Å². The molecule has 0 aliphatic rings. The molecular formula is C44H29N3. The highest BCUT2D eigenvalue weighted by Gasteiger charge is 2.17. The van der Waals surface area contributed by atoms with Gasteiger partial charge in [-0.25, -0.2) is 9.97 Å². The maximum absolute atomic E-state index is 5.32. The second-order valence-electron chi connectivity index (χ2n) is 11.8. The van der Waals surface area contributed by atoms with Gasteiger partial charge in [0.2, 0.25) is 0 Å². The Bertz CT molecular complexity index is 2530. The van der Waals surface area contributed by atoms with Gasteiger partial charge in [-0.15, -0.1) is 0 Å². The zero-order valence-corrected chi connectivity index (χ0v) is 25.6. The molecule has 0 unspecified atom stereocenters. The van der Waals surface area contributed by atoms with E-state index < -0.39 is 0 Å². The summed E-state index contributed by atoms with van der Waals surface area (Å²) in [5.74, 6) is 0.930. The maximum Gasteiger partial charge on any atom is 0.145 e. The predicted octanol–water partition coefficient (Wildman–Crippen LogP) is 11.4. The van der Waals surface area contributed by atoms with Gasteiger partial charge in [0.15, 0.2) is 0 Å². The van der Waals surface area contributed by atoms with Crippen molar-refractivity contribution in [1.82, 2.24) is 14.5 Å². The molecule has 0 N–H and O–H groups in total. The number of benzene rings is 7. The summed E-state index contributed by atoms with van der Waals surface area (Å²) in [4.78, 5) is 10.4. The van der Waals surface area contributed by atoms with Crippen LogP contribution in [0.5, 0.6) is 0 Å². The molecule has 0 aliphatic heterocycles. The van der Waals surface area contributed by atoms with E-state index in [0.717, 1.165) is 66.8 Å². The second kappa shape index (κ2) is 11.2. The van der Waals surface area contributed by atoms with Crippen LogP contribution in [0, 0.1) is 0 Å². The third kappa shape index (κ3) is 4.68. The monoisotopic (exact) mass is 599 g/mol. The number of pyridine rings is 1. The molecule has 0 radical (unpaired) electrons. The van der Waals surface area contributed by atoms with E-state index in [2.05, 4.69) is 168 Å². The van der Waals surface area contributed by atoms with Crippen LogP contribution >= 0.6 is 0 Å². The first-order valence-corrected chi connectivity index (χ1v) is 15.9. The second-order valence-corrected chi connectivity index (χ2v) is 11.8. The molecule has 3 heteroatoms. The standard InChI is InChI=1S/C44H29N3/c1-4-14-30(15-5-1)37-28-39-38(29-41(32-16-6-2-7-17-32)45-43(39)36-21-11-10-20-35(36)37)31-24-26-34(27-25-31)47-42-23-13-12-22-40(42)46-44(47)33-18-8-3-9-19-33/h1-29H. The minimum Gasteiger partial charge on any atom is -0.292 e. The van der Waals surface area contributed by atoms with Crippen molar-refractivity contribution in [3.8, 4) is 50.6 Å². The van der Waals surface area contributed by atoms with Crippen LogP contribution in [0.2, 0.25) is 0 Å². The van der Waals surface area contributed by atoms with E-state index in [-0.39, 0.29) is 0 Å². The smallest absolute Gasteiger partial charge is 0.145 e. The lowest BCUT2D eigenvalue weighted by molar-refractivity contribution is 1.10. The molecule has 0 fully saturated rings. The Labute approximate surface area is 273 Å². The zero-order valence-electron chi connectivity index (χ0n) is 25.6. The molecule has 9 aromatic rings. The molecule has 7 aromatic carbocycles. The summed E-state index contributed by atoms with van der Waals surface area (Å²) in [6, 6.07) is 62.0. The zero-order chi connectivity index (χ0) is 31.2. The number of imidazole rings is 1. The summed E-state index contributed by atoms with van der Waals surface area (Å²) >= 11 is 0. The molecule has 0 aliphatic carbocycles. The molecular weight excluding hydrogens is 571 g/mol. The summed E-state index contributed by atoms with van der Waals surface area (Å²) in [5.41, 5.74) is 12.0. The van der Waals surface area contributed by atoms with Crippen LogP contribution in [0.3, 0.4) is 0 Å². The topological polar surface area (TPSA) is 30.7 Å². The van der Waals surface area contributed by atoms with Crippen molar-refractivity contribution in [2.75, 3.05) is 0 Å². The lowest BCUT2D eigenvalue weighted by Gasteiger charge is -2.16. The normalized spacial score (nSPS) is 11.4. The highest BCUT2D eigenvalue weighted by molar-refractivity contribution is 6.16. The fraction of sp³-hybridized carbons (Fsp3) is 0. The van der Waals surface area contributed by atoms with Crippen LogP contribution < -0.4 is 0 Å². The van der Waals surface area contributed by atoms with Crippen LogP contribution in [-0.4, -0.2) is 14.5 Å². The molecule has 2 aromatic heterocycles. The van der Waals surface area contributed by atoms with E-state index in [1.165, 1.54) is 16.5 Å². The largest absolute Gasteiger partial charge is 0.292 e. The molecule has 0 bridgehead atoms. The lowest BCUT2D eigenvalue weighted by atomic mass is 9.91. The molecule has 0 spiro atoms. The number of para-hydroxylation sites is 2. The van der Waals surface area contributed by atoms with E-state index >= 15 is 0 Å². The van der Waals surface area contributed by atoms with Crippen LogP contribution in [0.4, 0.5) is 0 Å². The number of fused-ring (bicyclic) bond motifs is 4. The molecule has 220 valence electrons. The molecule has 2 heterocycles. The van der Waals surface area contributed by atoms with Crippen molar-refractivity contribution in [2.45, 2.75) is 0 Å². The van der Waals surface area contributed by atoms with Gasteiger partial charge in [0.05, 0.1) is 22.2 Å². The van der Waals surface area contributed by atoms with Gasteiger partial charge >= 0.3 is 0 Å². The molecule has 47 heavy (non-hydrogen) atoms. The molecule has 9 rings (SSSR count). The van der Waals surface area contributed by atoms with Gasteiger partial charge in [-0.05, 0) is 64.0 Å². The third-order valence-corrected chi connectivity index (χ3v) is 9.00. The average molecular weight is 600 g/mol. The minimum atomic E-state index is 0.930. The Morgan fingerprint density at radius 2 is 0.936 bits per heavy atom. The Morgan fingerprint density at radius 1 is 0.383 bits per heavy atom. The predicted molar refractivity (Wildman–Crippen MR) is 196 cm³/mol. The minimum absolute atomic E-state index is 0.930. The number of aromatic nitrogens is 3. The summed E-state index contributed by atoms with van der Waals surface area (Å²) in [6.45, 7) is 0. The molecule has 3 nitrogen and oxygen atoms in total. The number of hydrogen-bond donors (Lipinski definition) is 0. The summed E-state index contributed by atoms with van der Waals surface area (Å²) in [6.07, 6.45) is 0. The SMILES string of the molecule is c1ccc(-c2cc(-c3ccc(-n4c(-c5ccccc5)nc5ccccc54)cc3)c3cc(-c4ccccc4)c4ccccc4c3n2)cc1. The van der Waals surface area contributed by atoms with Crippen molar-refractivity contribution in [3.05, 3.63) is 176 Å². The van der Waals surface area contributed by atoms with Crippen LogP contribution in [0.25, 0.3) is 83.3 Å². The first-order chi connectivity index (χ1) is 23.3. The highest BCUT2D eigenvalue weighted by atomic mass is 15.1. The van der Waals surface area contributed by atoms with Gasteiger partial charge in [-0.3, -0.25) is 4.57 Å². The lowest BCUT2D eigenvalue weighted by Crippen LogP contribution is -1.98. The van der Waals surface area contributed by atoms with Crippen LogP contribution in [-0.2, 0) is 0 Å². The Balaban J connectivity index is 1.28. The van der Waals surface area contributed by atoms with Crippen molar-refractivity contribution in [1.29, 1.82) is 0 Å². The van der Waals surface area contributed by atoms with Crippen molar-refractivity contribution >= 4 is 32.7 Å². The number of nitrogens with zero attached hydrogens (tertiary/aromatic N) is 3. The molecule has 0 saturated heterocycles. The van der Waals surface area contributed by atoms with Crippen LogP contribution in [0.1, 0.15) is 0 Å². The molecule has 0 amide bonds. The Morgan fingerprint density at radius 3 is 1.66 bits per heavy atom. The average Bonchev–Trinajstić information content (AvgIpc) is 3.55. The number of rotatable bonds is 5. The Kier molecular flexibility index (Phi) is 6.46. The Hall–Kier alpha value is -6.32. The number of hydrogen-bond acceptors (Lipinski definition) is 2. The van der Waals surface area contributed by atoms with Crippen molar-refractivity contribution in [2.24, 2.45) is 0 Å². The summed E-state index contributed by atoms with van der Waals surface area (Å²) in [5, 5.41) is 3.48. The molecule has 0 atom stereocenters. The van der Waals surface area contributed by atoms with Crippen molar-refractivity contribution in [3.63, 3.8) is 0 Å². The first kappa shape index (κ1) is 27.0. The fourth-order valence-corrected chi connectivity index (χ4v) is 6.76. The highest BCUT2D eigenvalue weighted by Crippen LogP contribution is 2.40. The van der Waals surface area contributed by atoms with E-state index in [9.17, 15) is 0 Å². The first-order valence-electron chi connectivity index (χ1n) is 15.9. The van der Waals surface area contributed by atoms with Gasteiger partial charge in [0.1, 0.15) is 5.82 Å². The van der Waals surface area contributed by atoms with E-state index in [1.807, 2.05) is 12.1 Å². The quantitative estimate of drug-likeness (QED) is 0.184. The van der Waals surface area contributed by atoms with E-state index in [0.29, 0.717) is 0 Å². The van der Waals surface area contributed by atoms with Gasteiger partial charge < -0.3 is 0 Å². The summed E-state index contributed by atoms with van der Waals surface area (Å²) < 4.78 is 2.26. The fourth-order valence-electron chi connectivity index (χ4n) is 6.76. The van der Waals surface area contributed by atoms with E-state index in [4.69, 9.17) is 9.97 Å². The van der Waals surface area contributed by atoms with Gasteiger partial charge in [0, 0.05) is 27.6 Å². The van der Waals surface area contributed by atoms with Crippen molar-refractivity contribution < 1.29 is 0 Å². The van der Waals surface area contributed by atoms with Gasteiger partial charge in [-0.1, -0.05) is 140 Å². The summed E-state index contributed by atoms with van der Waals surface area (Å²) in [7, 11) is 0. The van der Waals surface area contributed by atoms with E-state index in [1.54, 1.807) is 0 Å².